The third-order valence-corrected chi connectivity index (χ3v) is 3.44. The molecule has 0 aliphatic carbocycles. The molecule has 1 aliphatic rings. The summed E-state index contributed by atoms with van der Waals surface area (Å²) in [5.41, 5.74) is 2.07. The zero-order valence-electron chi connectivity index (χ0n) is 12.5. The highest BCUT2D eigenvalue weighted by Crippen LogP contribution is 2.36. The molecule has 0 saturated carbocycles. The molecule has 0 radical (unpaired) electrons. The number of nitrogens with one attached hydrogen (secondary N) is 1. The van der Waals surface area contributed by atoms with Crippen molar-refractivity contribution in [2.75, 3.05) is 25.6 Å². The number of amides is 1. The van der Waals surface area contributed by atoms with E-state index in [1.807, 2.05) is 19.1 Å². The van der Waals surface area contributed by atoms with Crippen LogP contribution in [0.15, 0.2) is 36.4 Å². The summed E-state index contributed by atoms with van der Waals surface area (Å²) in [6.07, 6.45) is 0. The van der Waals surface area contributed by atoms with Crippen LogP contribution >= 0.6 is 0 Å². The molecule has 1 amide bonds. The standard InChI is InChI=1S/C17H17NO4/c1-11-9-12(10-15-16(11)22-8-7-21-15)18-17(19)13-5-3-4-6-14(13)20-2/h3-6,9-10H,7-8H2,1-2H3,(H,18,19). The molecule has 114 valence electrons. The number of hydrogen-bond acceptors (Lipinski definition) is 4. The lowest BCUT2D eigenvalue weighted by molar-refractivity contribution is 0.102. The molecule has 0 bridgehead atoms. The van der Waals surface area contributed by atoms with Crippen molar-refractivity contribution in [3.8, 4) is 17.2 Å². The Morgan fingerprint density at radius 3 is 2.77 bits per heavy atom. The van der Waals surface area contributed by atoms with Crippen LogP contribution in [0.1, 0.15) is 15.9 Å². The Labute approximate surface area is 128 Å². The molecule has 0 saturated heterocycles. The molecule has 3 rings (SSSR count). The van der Waals surface area contributed by atoms with Crippen LogP contribution in [-0.4, -0.2) is 26.2 Å². The van der Waals surface area contributed by atoms with Gasteiger partial charge in [0.05, 0.1) is 12.7 Å². The molecular formula is C17H17NO4. The van der Waals surface area contributed by atoms with E-state index in [2.05, 4.69) is 5.32 Å². The second-order valence-corrected chi connectivity index (χ2v) is 4.97. The van der Waals surface area contributed by atoms with Gasteiger partial charge in [-0.25, -0.2) is 0 Å². The minimum absolute atomic E-state index is 0.228. The van der Waals surface area contributed by atoms with Crippen molar-refractivity contribution < 1.29 is 19.0 Å². The summed E-state index contributed by atoms with van der Waals surface area (Å²) >= 11 is 0. The maximum atomic E-state index is 12.4. The lowest BCUT2D eigenvalue weighted by Crippen LogP contribution is -2.17. The van der Waals surface area contributed by atoms with Gasteiger partial charge in [0.25, 0.3) is 5.91 Å². The number of benzene rings is 2. The van der Waals surface area contributed by atoms with Crippen LogP contribution in [0.5, 0.6) is 17.2 Å². The molecule has 0 aromatic heterocycles. The SMILES string of the molecule is COc1ccccc1C(=O)Nc1cc(C)c2c(c1)OCCO2. The quantitative estimate of drug-likeness (QED) is 0.946. The van der Waals surface area contributed by atoms with E-state index in [0.29, 0.717) is 36.0 Å². The maximum absolute atomic E-state index is 12.4. The number of hydrogen-bond donors (Lipinski definition) is 1. The Hall–Kier alpha value is -2.69. The summed E-state index contributed by atoms with van der Waals surface area (Å²) in [6, 6.07) is 10.7. The molecular weight excluding hydrogens is 282 g/mol. The summed E-state index contributed by atoms with van der Waals surface area (Å²) in [5, 5.41) is 2.87. The normalized spacial score (nSPS) is 12.6. The zero-order chi connectivity index (χ0) is 15.5. The molecule has 1 aliphatic heterocycles. The first kappa shape index (κ1) is 14.3. The van der Waals surface area contributed by atoms with Crippen molar-refractivity contribution in [2.45, 2.75) is 6.92 Å². The Balaban J connectivity index is 1.87. The Bertz CT molecular complexity index is 712. The van der Waals surface area contributed by atoms with Crippen LogP contribution in [0.4, 0.5) is 5.69 Å². The van der Waals surface area contributed by atoms with Gasteiger partial charge < -0.3 is 19.5 Å². The average Bonchev–Trinajstić information content (AvgIpc) is 2.55. The molecule has 0 unspecified atom stereocenters. The number of aryl methyl sites for hydroxylation is 1. The monoisotopic (exact) mass is 299 g/mol. The highest BCUT2D eigenvalue weighted by Gasteiger charge is 2.17. The molecule has 22 heavy (non-hydrogen) atoms. The smallest absolute Gasteiger partial charge is 0.259 e. The highest BCUT2D eigenvalue weighted by atomic mass is 16.6. The third-order valence-electron chi connectivity index (χ3n) is 3.44. The van der Waals surface area contributed by atoms with E-state index < -0.39 is 0 Å². The van der Waals surface area contributed by atoms with Gasteiger partial charge in [-0.15, -0.1) is 0 Å². The zero-order valence-corrected chi connectivity index (χ0v) is 12.5. The third kappa shape index (κ3) is 2.70. The topological polar surface area (TPSA) is 56.8 Å². The summed E-state index contributed by atoms with van der Waals surface area (Å²) in [4.78, 5) is 12.4. The van der Waals surface area contributed by atoms with Gasteiger partial charge in [-0.05, 0) is 30.7 Å². The second kappa shape index (κ2) is 5.97. The number of rotatable bonds is 3. The Morgan fingerprint density at radius 1 is 1.18 bits per heavy atom. The van der Waals surface area contributed by atoms with Gasteiger partial charge in [-0.2, -0.15) is 0 Å². The summed E-state index contributed by atoms with van der Waals surface area (Å²) in [5.74, 6) is 1.70. The van der Waals surface area contributed by atoms with E-state index in [1.165, 1.54) is 0 Å². The fourth-order valence-electron chi connectivity index (χ4n) is 2.43. The van der Waals surface area contributed by atoms with Gasteiger partial charge >= 0.3 is 0 Å². The number of carbonyl (C=O) groups is 1. The molecule has 1 heterocycles. The van der Waals surface area contributed by atoms with Crippen molar-refractivity contribution in [2.24, 2.45) is 0 Å². The molecule has 1 N–H and O–H groups in total. The minimum atomic E-state index is -0.228. The predicted molar refractivity (Wildman–Crippen MR) is 83.1 cm³/mol. The number of ether oxygens (including phenoxy) is 3. The number of fused-ring (bicyclic) bond motifs is 1. The lowest BCUT2D eigenvalue weighted by Gasteiger charge is -2.21. The van der Waals surface area contributed by atoms with Crippen LogP contribution in [0.2, 0.25) is 0 Å². The van der Waals surface area contributed by atoms with Gasteiger partial charge in [-0.1, -0.05) is 12.1 Å². The Morgan fingerprint density at radius 2 is 1.95 bits per heavy atom. The fraction of sp³-hybridized carbons (Fsp3) is 0.235. The van der Waals surface area contributed by atoms with Gasteiger partial charge in [0.2, 0.25) is 0 Å². The van der Waals surface area contributed by atoms with E-state index in [-0.39, 0.29) is 5.91 Å². The first-order valence-corrected chi connectivity index (χ1v) is 7.03. The minimum Gasteiger partial charge on any atom is -0.496 e. The maximum Gasteiger partial charge on any atom is 0.259 e. The van der Waals surface area contributed by atoms with Crippen molar-refractivity contribution in [3.05, 3.63) is 47.5 Å². The largest absolute Gasteiger partial charge is 0.496 e. The van der Waals surface area contributed by atoms with Crippen LogP contribution in [-0.2, 0) is 0 Å². The molecule has 2 aromatic carbocycles. The molecule has 5 nitrogen and oxygen atoms in total. The van der Waals surface area contributed by atoms with Gasteiger partial charge in [0.15, 0.2) is 11.5 Å². The summed E-state index contributed by atoms with van der Waals surface area (Å²) in [7, 11) is 1.54. The predicted octanol–water partition coefficient (Wildman–Crippen LogP) is 3.03. The molecule has 0 fully saturated rings. The van der Waals surface area contributed by atoms with Crippen molar-refractivity contribution >= 4 is 11.6 Å². The van der Waals surface area contributed by atoms with Crippen molar-refractivity contribution in [1.29, 1.82) is 0 Å². The number of carbonyl (C=O) groups excluding carboxylic acids is 1. The van der Waals surface area contributed by atoms with E-state index in [0.717, 1.165) is 11.3 Å². The fourth-order valence-corrected chi connectivity index (χ4v) is 2.43. The van der Waals surface area contributed by atoms with Crippen LogP contribution < -0.4 is 19.5 Å². The first-order chi connectivity index (χ1) is 10.7. The van der Waals surface area contributed by atoms with E-state index in [9.17, 15) is 4.79 Å². The van der Waals surface area contributed by atoms with E-state index >= 15 is 0 Å². The molecule has 5 heteroatoms. The molecule has 0 atom stereocenters. The molecule has 2 aromatic rings. The molecule has 0 spiro atoms. The Kier molecular flexibility index (Phi) is 3.87. The van der Waals surface area contributed by atoms with E-state index in [1.54, 1.807) is 31.4 Å². The average molecular weight is 299 g/mol. The lowest BCUT2D eigenvalue weighted by atomic mass is 10.1. The number of anilines is 1. The van der Waals surface area contributed by atoms with E-state index in [4.69, 9.17) is 14.2 Å². The van der Waals surface area contributed by atoms with Crippen LogP contribution in [0, 0.1) is 6.92 Å². The van der Waals surface area contributed by atoms with Gasteiger partial charge in [0.1, 0.15) is 19.0 Å². The number of para-hydroxylation sites is 1. The van der Waals surface area contributed by atoms with Crippen molar-refractivity contribution in [3.63, 3.8) is 0 Å². The number of methoxy groups -OCH3 is 1. The van der Waals surface area contributed by atoms with Crippen LogP contribution in [0.3, 0.4) is 0 Å². The highest BCUT2D eigenvalue weighted by molar-refractivity contribution is 6.06. The first-order valence-electron chi connectivity index (χ1n) is 7.03. The van der Waals surface area contributed by atoms with Gasteiger partial charge in [-0.3, -0.25) is 4.79 Å². The summed E-state index contributed by atoms with van der Waals surface area (Å²) < 4.78 is 16.4. The second-order valence-electron chi connectivity index (χ2n) is 4.97. The summed E-state index contributed by atoms with van der Waals surface area (Å²) in [6.45, 7) is 2.98. The van der Waals surface area contributed by atoms with Gasteiger partial charge in [0, 0.05) is 11.8 Å². The van der Waals surface area contributed by atoms with Crippen molar-refractivity contribution in [1.82, 2.24) is 0 Å². The van der Waals surface area contributed by atoms with Crippen LogP contribution in [0.25, 0.3) is 0 Å².